The number of nitro groups is 1. The molecule has 0 saturated heterocycles. The quantitative estimate of drug-likeness (QED) is 0.0651. The molecule has 0 spiro atoms. The zero-order chi connectivity index (χ0) is 19.2. The summed E-state index contributed by atoms with van der Waals surface area (Å²) >= 11 is 0. The molecule has 1 aromatic rings. The lowest BCUT2D eigenvalue weighted by Gasteiger charge is -2.05. The van der Waals surface area contributed by atoms with Gasteiger partial charge in [0.2, 0.25) is 0 Å². The van der Waals surface area contributed by atoms with Crippen LogP contribution >= 0.6 is 21.6 Å². The number of benzene rings is 1. The highest BCUT2D eigenvalue weighted by molar-refractivity contribution is 8.82. The maximum Gasteiger partial charge on any atom is 0.513 e. The van der Waals surface area contributed by atoms with Crippen molar-refractivity contribution in [3.05, 3.63) is 58.7 Å². The van der Waals surface area contributed by atoms with Crippen LogP contribution in [0.4, 0.5) is 10.5 Å². The number of carbonyl (C=O) groups is 1. The van der Waals surface area contributed by atoms with E-state index in [1.165, 1.54) is 45.9 Å². The monoisotopic (exact) mass is 396 g/mol. The van der Waals surface area contributed by atoms with E-state index in [-0.39, 0.29) is 18.0 Å². The first kappa shape index (κ1) is 21.8. The number of unbranched alkanes of at least 4 members (excludes halogenated alkanes) is 1. The van der Waals surface area contributed by atoms with Gasteiger partial charge in [0, 0.05) is 17.9 Å². The molecule has 0 aromatic heterocycles. The predicted molar refractivity (Wildman–Crippen MR) is 106 cm³/mol. The summed E-state index contributed by atoms with van der Waals surface area (Å²) in [6.07, 6.45) is 8.73. The number of non-ortho nitro benzene ring substituents is 1. The zero-order valence-corrected chi connectivity index (χ0v) is 15.9. The molecule has 26 heavy (non-hydrogen) atoms. The number of nitrogens with one attached hydrogen (secondary N) is 1. The van der Waals surface area contributed by atoms with E-state index in [1.807, 2.05) is 18.2 Å². The van der Waals surface area contributed by atoms with E-state index in [9.17, 15) is 14.9 Å². The van der Waals surface area contributed by atoms with Crippen LogP contribution in [0.25, 0.3) is 0 Å². The Hall–Kier alpha value is -2.26. The smallest absolute Gasteiger partial charge is 0.433 e. The third-order valence-corrected chi connectivity index (χ3v) is 4.89. The lowest BCUT2D eigenvalue weighted by Crippen LogP contribution is -2.12. The van der Waals surface area contributed by atoms with E-state index in [2.05, 4.69) is 6.92 Å². The van der Waals surface area contributed by atoms with Gasteiger partial charge in [-0.1, -0.05) is 42.4 Å². The molecular weight excluding hydrogens is 376 g/mol. The molecule has 1 rings (SSSR count). The van der Waals surface area contributed by atoms with E-state index in [0.717, 1.165) is 12.8 Å². The minimum absolute atomic E-state index is 0.0866. The minimum atomic E-state index is -0.875. The van der Waals surface area contributed by atoms with Crippen LogP contribution in [0.2, 0.25) is 0 Å². The fourth-order valence-electron chi connectivity index (χ4n) is 1.54. The number of nitro benzene ring substituents is 1. The fourth-order valence-corrected chi connectivity index (χ4v) is 3.04. The Morgan fingerprint density at radius 2 is 2.04 bits per heavy atom. The Labute approximate surface area is 159 Å². The Balaban J connectivity index is 2.16. The molecular formula is C17H20N2O5S2. The second-order valence-electron chi connectivity index (χ2n) is 4.80. The van der Waals surface area contributed by atoms with Crippen LogP contribution in [0.5, 0.6) is 5.75 Å². The molecule has 1 aromatic carbocycles. The molecule has 1 N–H and O–H groups in total. The van der Waals surface area contributed by atoms with E-state index in [0.29, 0.717) is 10.8 Å². The number of ether oxygens (including phenoxy) is 2. The van der Waals surface area contributed by atoms with Crippen molar-refractivity contribution in [1.29, 1.82) is 5.41 Å². The van der Waals surface area contributed by atoms with Gasteiger partial charge in [-0.2, -0.15) is 0 Å². The van der Waals surface area contributed by atoms with Crippen LogP contribution in [0.15, 0.2) is 48.6 Å². The highest BCUT2D eigenvalue weighted by Crippen LogP contribution is 2.22. The normalized spacial score (nSPS) is 11.0. The summed E-state index contributed by atoms with van der Waals surface area (Å²) in [5.74, 6) is 0.674. The zero-order valence-electron chi connectivity index (χ0n) is 14.3. The van der Waals surface area contributed by atoms with E-state index in [4.69, 9.17) is 14.9 Å². The van der Waals surface area contributed by atoms with Gasteiger partial charge in [-0.3, -0.25) is 15.5 Å². The van der Waals surface area contributed by atoms with Gasteiger partial charge in [-0.05, 0) is 35.4 Å². The highest BCUT2D eigenvalue weighted by Gasteiger charge is 2.09. The Bertz CT molecular complexity index is 660. The molecule has 0 unspecified atom stereocenters. The number of carbonyl (C=O) groups excluding carboxylic acids is 1. The van der Waals surface area contributed by atoms with Crippen molar-refractivity contribution in [3.8, 4) is 5.75 Å². The van der Waals surface area contributed by atoms with Crippen molar-refractivity contribution in [2.45, 2.75) is 19.8 Å². The van der Waals surface area contributed by atoms with E-state index >= 15 is 0 Å². The second kappa shape index (κ2) is 13.0. The largest absolute Gasteiger partial charge is 0.513 e. The van der Waals surface area contributed by atoms with Crippen LogP contribution in [0, 0.1) is 15.5 Å². The lowest BCUT2D eigenvalue weighted by molar-refractivity contribution is -0.384. The standard InChI is InChI=1S/C17H20N2O5S2/c1-2-3-4-5-6-7-16(18)26-25-13-12-23-17(20)24-15-10-8-14(9-11-15)19(21)22/h4-11,18H,2-3,12-13H2,1H3/b5-4-,7-6-,18-16?. The number of hydrogen-bond donors (Lipinski definition) is 1. The predicted octanol–water partition coefficient (Wildman–Crippen LogP) is 5.38. The molecule has 0 aliphatic carbocycles. The van der Waals surface area contributed by atoms with Crippen molar-refractivity contribution >= 4 is 38.5 Å². The van der Waals surface area contributed by atoms with Gasteiger partial charge in [0.25, 0.3) is 5.69 Å². The summed E-state index contributed by atoms with van der Waals surface area (Å²) in [5.41, 5.74) is -0.0866. The van der Waals surface area contributed by atoms with Crippen molar-refractivity contribution in [2.75, 3.05) is 12.4 Å². The van der Waals surface area contributed by atoms with Gasteiger partial charge in [0.05, 0.1) is 9.97 Å². The van der Waals surface area contributed by atoms with E-state index < -0.39 is 11.1 Å². The third kappa shape index (κ3) is 9.90. The molecule has 0 radical (unpaired) electrons. The molecule has 0 aliphatic heterocycles. The van der Waals surface area contributed by atoms with Gasteiger partial charge in [0.15, 0.2) is 0 Å². The Kier molecular flexibility index (Phi) is 10.9. The van der Waals surface area contributed by atoms with Crippen LogP contribution in [0.1, 0.15) is 19.8 Å². The topological polar surface area (TPSA) is 103 Å². The molecule has 0 heterocycles. The second-order valence-corrected chi connectivity index (χ2v) is 7.25. The van der Waals surface area contributed by atoms with Crippen molar-refractivity contribution in [2.24, 2.45) is 0 Å². The molecule has 0 bridgehead atoms. The summed E-state index contributed by atoms with van der Waals surface area (Å²) in [4.78, 5) is 21.5. The molecule has 0 saturated carbocycles. The summed E-state index contributed by atoms with van der Waals surface area (Å²) in [7, 11) is 2.68. The molecule has 0 atom stereocenters. The van der Waals surface area contributed by atoms with Crippen molar-refractivity contribution < 1.29 is 19.2 Å². The number of nitrogens with zero attached hydrogens (tertiary/aromatic N) is 1. The highest BCUT2D eigenvalue weighted by atomic mass is 33.1. The average molecular weight is 396 g/mol. The molecule has 140 valence electrons. The number of allylic oxidation sites excluding steroid dienone is 3. The third-order valence-electron chi connectivity index (χ3n) is 2.73. The van der Waals surface area contributed by atoms with Gasteiger partial charge < -0.3 is 9.47 Å². The van der Waals surface area contributed by atoms with Crippen molar-refractivity contribution in [1.82, 2.24) is 0 Å². The molecule has 0 aliphatic rings. The SMILES string of the molecule is CCC/C=C\C=C/C(=N)SSCCOC(=O)Oc1ccc([N+](=O)[O-])cc1. The number of rotatable bonds is 10. The average Bonchev–Trinajstić information content (AvgIpc) is 2.61. The molecule has 0 amide bonds. The van der Waals surface area contributed by atoms with Crippen LogP contribution < -0.4 is 4.74 Å². The maximum atomic E-state index is 11.5. The first-order valence-electron chi connectivity index (χ1n) is 7.83. The number of hydrogen-bond acceptors (Lipinski definition) is 8. The van der Waals surface area contributed by atoms with Gasteiger partial charge in [-0.15, -0.1) is 0 Å². The lowest BCUT2D eigenvalue weighted by atomic mass is 10.3. The first-order valence-corrected chi connectivity index (χ1v) is 10.1. The van der Waals surface area contributed by atoms with Crippen LogP contribution in [-0.4, -0.2) is 28.5 Å². The van der Waals surface area contributed by atoms with Crippen LogP contribution in [-0.2, 0) is 4.74 Å². The van der Waals surface area contributed by atoms with E-state index in [1.54, 1.807) is 6.08 Å². The van der Waals surface area contributed by atoms with Gasteiger partial charge in [-0.25, -0.2) is 4.79 Å². The summed E-state index contributed by atoms with van der Waals surface area (Å²) < 4.78 is 9.80. The fraction of sp³-hybridized carbons (Fsp3) is 0.294. The van der Waals surface area contributed by atoms with Gasteiger partial charge in [0.1, 0.15) is 12.4 Å². The van der Waals surface area contributed by atoms with Crippen molar-refractivity contribution in [3.63, 3.8) is 0 Å². The maximum absolute atomic E-state index is 11.5. The summed E-state index contributed by atoms with van der Waals surface area (Å²) in [6.45, 7) is 2.24. The van der Waals surface area contributed by atoms with Crippen LogP contribution in [0.3, 0.4) is 0 Å². The molecule has 7 nitrogen and oxygen atoms in total. The Morgan fingerprint density at radius 1 is 1.31 bits per heavy atom. The first-order chi connectivity index (χ1) is 12.5. The summed E-state index contributed by atoms with van der Waals surface area (Å²) in [5, 5.41) is 18.7. The minimum Gasteiger partial charge on any atom is -0.433 e. The van der Waals surface area contributed by atoms with Gasteiger partial charge >= 0.3 is 6.16 Å². The Morgan fingerprint density at radius 3 is 2.69 bits per heavy atom. The summed E-state index contributed by atoms with van der Waals surface area (Å²) in [6, 6.07) is 5.14. The molecule has 9 heteroatoms. The molecule has 0 fully saturated rings.